The van der Waals surface area contributed by atoms with Crippen LogP contribution in [-0.4, -0.2) is 44.6 Å². The average Bonchev–Trinajstić information content (AvgIpc) is 2.79. The monoisotopic (exact) mass is 444 g/mol. The van der Waals surface area contributed by atoms with Gasteiger partial charge in [0.05, 0.1) is 24.8 Å². The summed E-state index contributed by atoms with van der Waals surface area (Å²) < 4.78 is 32.3. The minimum Gasteiger partial charge on any atom is -0.497 e. The lowest BCUT2D eigenvalue weighted by atomic mass is 9.98. The van der Waals surface area contributed by atoms with Gasteiger partial charge in [0, 0.05) is 13.1 Å². The van der Waals surface area contributed by atoms with Gasteiger partial charge in [-0.05, 0) is 55.9 Å². The van der Waals surface area contributed by atoms with Crippen molar-refractivity contribution in [1.29, 1.82) is 0 Å². The molecule has 1 amide bonds. The molecule has 1 aliphatic rings. The van der Waals surface area contributed by atoms with Gasteiger partial charge in [0.2, 0.25) is 15.9 Å². The predicted molar refractivity (Wildman–Crippen MR) is 122 cm³/mol. The number of amides is 1. The summed E-state index contributed by atoms with van der Waals surface area (Å²) in [5, 5.41) is 3.04. The molecule has 31 heavy (non-hydrogen) atoms. The lowest BCUT2D eigenvalue weighted by Crippen LogP contribution is -2.46. The van der Waals surface area contributed by atoms with E-state index in [9.17, 15) is 13.2 Å². The zero-order chi connectivity index (χ0) is 22.3. The second-order valence-corrected chi connectivity index (χ2v) is 10.2. The zero-order valence-electron chi connectivity index (χ0n) is 18.3. The van der Waals surface area contributed by atoms with Crippen LogP contribution in [0.2, 0.25) is 0 Å². The van der Waals surface area contributed by atoms with Crippen LogP contribution in [0.5, 0.6) is 5.75 Å². The Morgan fingerprint density at radius 1 is 1.16 bits per heavy atom. The number of ether oxygens (including phenoxy) is 1. The average molecular weight is 445 g/mol. The first-order chi connectivity index (χ1) is 14.9. The van der Waals surface area contributed by atoms with Crippen LogP contribution >= 0.6 is 0 Å². The number of rotatable bonds is 9. The highest BCUT2D eigenvalue weighted by Gasteiger charge is 2.32. The molecule has 1 aliphatic heterocycles. The van der Waals surface area contributed by atoms with Crippen LogP contribution in [0.25, 0.3) is 0 Å². The topological polar surface area (TPSA) is 75.7 Å². The lowest BCUT2D eigenvalue weighted by Gasteiger charge is -2.32. The molecular weight excluding hydrogens is 412 g/mol. The fourth-order valence-electron chi connectivity index (χ4n) is 3.95. The van der Waals surface area contributed by atoms with E-state index < -0.39 is 10.0 Å². The highest BCUT2D eigenvalue weighted by Crippen LogP contribution is 2.23. The van der Waals surface area contributed by atoms with Crippen molar-refractivity contribution < 1.29 is 17.9 Å². The van der Waals surface area contributed by atoms with Gasteiger partial charge in [-0.25, -0.2) is 12.7 Å². The van der Waals surface area contributed by atoms with Crippen LogP contribution in [0.1, 0.15) is 43.4 Å². The standard InChI is InChI=1S/C24H32N2O4S/c1-19(21-12-14-23(30-2)15-13-21)25-24(27)22-11-6-16-26(18-22)31(28,29)17-7-10-20-8-4-3-5-9-20/h3-5,8-9,12-15,19,22H,6-7,10-11,16-18H2,1-2H3,(H,25,27)/t19-,22+/m0/s1. The van der Waals surface area contributed by atoms with E-state index in [-0.39, 0.29) is 30.2 Å². The van der Waals surface area contributed by atoms with Gasteiger partial charge in [-0.15, -0.1) is 0 Å². The van der Waals surface area contributed by atoms with Crippen molar-refractivity contribution in [1.82, 2.24) is 9.62 Å². The van der Waals surface area contributed by atoms with Crippen LogP contribution in [0.4, 0.5) is 0 Å². The fourth-order valence-corrected chi connectivity index (χ4v) is 5.53. The molecule has 1 fully saturated rings. The number of hydrogen-bond donors (Lipinski definition) is 1. The van der Waals surface area contributed by atoms with Crippen molar-refractivity contribution in [2.45, 2.75) is 38.6 Å². The number of nitrogens with zero attached hydrogens (tertiary/aromatic N) is 1. The summed E-state index contributed by atoms with van der Waals surface area (Å²) in [6.07, 6.45) is 2.72. The number of benzene rings is 2. The molecule has 0 aromatic heterocycles. The highest BCUT2D eigenvalue weighted by atomic mass is 32.2. The molecule has 0 unspecified atom stereocenters. The van der Waals surface area contributed by atoms with Crippen LogP contribution in [0.3, 0.4) is 0 Å². The van der Waals surface area contributed by atoms with Gasteiger partial charge in [-0.2, -0.15) is 0 Å². The molecule has 0 bridgehead atoms. The largest absolute Gasteiger partial charge is 0.497 e. The van der Waals surface area contributed by atoms with E-state index in [1.54, 1.807) is 7.11 Å². The van der Waals surface area contributed by atoms with Gasteiger partial charge in [-0.1, -0.05) is 42.5 Å². The Bertz CT molecular complexity index is 945. The Balaban J connectivity index is 1.52. The van der Waals surface area contributed by atoms with E-state index in [2.05, 4.69) is 5.32 Å². The molecule has 2 aromatic carbocycles. The van der Waals surface area contributed by atoms with E-state index in [0.29, 0.717) is 25.8 Å². The number of carbonyl (C=O) groups excluding carboxylic acids is 1. The first-order valence-electron chi connectivity index (χ1n) is 10.8. The molecule has 3 rings (SSSR count). The normalized spacial score (nSPS) is 18.3. The molecular formula is C24H32N2O4S. The fraction of sp³-hybridized carbons (Fsp3) is 0.458. The van der Waals surface area contributed by atoms with Crippen molar-refractivity contribution in [3.63, 3.8) is 0 Å². The third kappa shape index (κ3) is 6.55. The third-order valence-electron chi connectivity index (χ3n) is 5.83. The van der Waals surface area contributed by atoms with Crippen molar-refractivity contribution in [2.75, 3.05) is 26.0 Å². The van der Waals surface area contributed by atoms with Crippen molar-refractivity contribution in [2.24, 2.45) is 5.92 Å². The first kappa shape index (κ1) is 23.3. The van der Waals surface area contributed by atoms with Gasteiger partial charge < -0.3 is 10.1 Å². The molecule has 0 spiro atoms. The first-order valence-corrected chi connectivity index (χ1v) is 12.5. The second-order valence-electron chi connectivity index (χ2n) is 8.11. The van der Waals surface area contributed by atoms with Crippen LogP contribution in [0, 0.1) is 5.92 Å². The molecule has 168 valence electrons. The summed E-state index contributed by atoms with van der Waals surface area (Å²) in [5.74, 6) is 0.465. The van der Waals surface area contributed by atoms with E-state index in [4.69, 9.17) is 4.74 Å². The van der Waals surface area contributed by atoms with Crippen LogP contribution < -0.4 is 10.1 Å². The molecule has 2 aromatic rings. The molecule has 0 saturated carbocycles. The molecule has 7 heteroatoms. The second kappa shape index (κ2) is 10.8. The lowest BCUT2D eigenvalue weighted by molar-refractivity contribution is -0.126. The maximum Gasteiger partial charge on any atom is 0.224 e. The van der Waals surface area contributed by atoms with Gasteiger partial charge in [-0.3, -0.25) is 4.79 Å². The number of piperidine rings is 1. The van der Waals surface area contributed by atoms with Gasteiger partial charge >= 0.3 is 0 Å². The molecule has 6 nitrogen and oxygen atoms in total. The molecule has 1 heterocycles. The van der Waals surface area contributed by atoms with Crippen molar-refractivity contribution in [3.8, 4) is 5.75 Å². The Kier molecular flexibility index (Phi) is 8.09. The quantitative estimate of drug-likeness (QED) is 0.642. The van der Waals surface area contributed by atoms with Crippen molar-refractivity contribution >= 4 is 15.9 Å². The summed E-state index contributed by atoms with van der Waals surface area (Å²) in [6.45, 7) is 2.68. The molecule has 0 radical (unpaired) electrons. The van der Waals surface area contributed by atoms with Crippen molar-refractivity contribution in [3.05, 3.63) is 65.7 Å². The number of aryl methyl sites for hydroxylation is 1. The summed E-state index contributed by atoms with van der Waals surface area (Å²) in [5.41, 5.74) is 2.12. The van der Waals surface area contributed by atoms with Gasteiger partial charge in [0.25, 0.3) is 0 Å². The van der Waals surface area contributed by atoms with E-state index in [1.165, 1.54) is 4.31 Å². The minimum atomic E-state index is -3.37. The Morgan fingerprint density at radius 2 is 1.87 bits per heavy atom. The van der Waals surface area contributed by atoms with E-state index >= 15 is 0 Å². The Morgan fingerprint density at radius 3 is 2.55 bits per heavy atom. The molecule has 0 aliphatic carbocycles. The number of nitrogens with one attached hydrogen (secondary N) is 1. The zero-order valence-corrected chi connectivity index (χ0v) is 19.1. The smallest absolute Gasteiger partial charge is 0.224 e. The maximum absolute atomic E-state index is 12.8. The maximum atomic E-state index is 12.8. The number of carbonyl (C=O) groups is 1. The highest BCUT2D eigenvalue weighted by molar-refractivity contribution is 7.89. The van der Waals surface area contributed by atoms with Gasteiger partial charge in [0.1, 0.15) is 5.75 Å². The number of hydrogen-bond acceptors (Lipinski definition) is 4. The van der Waals surface area contributed by atoms with E-state index in [1.807, 2.05) is 61.5 Å². The molecule has 1 saturated heterocycles. The van der Waals surface area contributed by atoms with Crippen LogP contribution in [-0.2, 0) is 21.2 Å². The minimum absolute atomic E-state index is 0.0903. The number of sulfonamides is 1. The summed E-state index contributed by atoms with van der Waals surface area (Å²) in [6, 6.07) is 17.3. The summed E-state index contributed by atoms with van der Waals surface area (Å²) in [4.78, 5) is 12.8. The van der Waals surface area contributed by atoms with Gasteiger partial charge in [0.15, 0.2) is 0 Å². The molecule has 2 atom stereocenters. The Labute approximate surface area is 185 Å². The van der Waals surface area contributed by atoms with E-state index in [0.717, 1.165) is 23.3 Å². The Hall–Kier alpha value is -2.38. The molecule has 1 N–H and O–H groups in total. The van der Waals surface area contributed by atoms with Crippen LogP contribution in [0.15, 0.2) is 54.6 Å². The predicted octanol–water partition coefficient (Wildman–Crippen LogP) is 3.55. The summed E-state index contributed by atoms with van der Waals surface area (Å²) >= 11 is 0. The summed E-state index contributed by atoms with van der Waals surface area (Å²) in [7, 11) is -1.75. The third-order valence-corrected chi connectivity index (χ3v) is 7.76. The number of methoxy groups -OCH3 is 1. The SMILES string of the molecule is COc1ccc([C@H](C)NC(=O)[C@@H]2CCCN(S(=O)(=O)CCCc3ccccc3)C2)cc1.